The van der Waals surface area contributed by atoms with Crippen LogP contribution in [-0.4, -0.2) is 17.4 Å². The van der Waals surface area contributed by atoms with Gasteiger partial charge in [0.15, 0.2) is 5.65 Å². The molecule has 0 aliphatic carbocycles. The van der Waals surface area contributed by atoms with E-state index in [9.17, 15) is 8.42 Å². The lowest BCUT2D eigenvalue weighted by Crippen LogP contribution is -2.16. The molecule has 0 bridgehead atoms. The predicted octanol–water partition coefficient (Wildman–Crippen LogP) is 3.80. The fourth-order valence-corrected chi connectivity index (χ4v) is 4.18. The Morgan fingerprint density at radius 3 is 2.50 bits per heavy atom. The van der Waals surface area contributed by atoms with Crippen LogP contribution in [0.2, 0.25) is 5.02 Å². The fourth-order valence-electron chi connectivity index (χ4n) is 2.43. The first-order valence-corrected chi connectivity index (χ1v) is 8.74. The Kier molecular flexibility index (Phi) is 3.70. The fraction of sp³-hybridized carbons (Fsp3) is 0.188. The molecule has 0 fully saturated rings. The highest BCUT2D eigenvalue weighted by Gasteiger charge is 2.23. The molecule has 114 valence electrons. The molecule has 2 heterocycles. The van der Waals surface area contributed by atoms with Crippen LogP contribution in [0.1, 0.15) is 18.2 Å². The van der Waals surface area contributed by atoms with Crippen molar-refractivity contribution in [2.24, 2.45) is 0 Å². The van der Waals surface area contributed by atoms with E-state index in [0.717, 1.165) is 5.56 Å². The molecule has 0 N–H and O–H groups in total. The van der Waals surface area contributed by atoms with E-state index >= 15 is 0 Å². The van der Waals surface area contributed by atoms with E-state index in [1.54, 1.807) is 36.4 Å². The average Bonchev–Trinajstić information content (AvgIpc) is 2.88. The number of benzene rings is 1. The molecule has 22 heavy (non-hydrogen) atoms. The van der Waals surface area contributed by atoms with Crippen LogP contribution in [0.3, 0.4) is 0 Å². The lowest BCUT2D eigenvalue weighted by molar-refractivity contribution is 0.587. The van der Waals surface area contributed by atoms with Crippen molar-refractivity contribution in [3.05, 3.63) is 58.9 Å². The van der Waals surface area contributed by atoms with Gasteiger partial charge in [-0.05, 0) is 37.6 Å². The van der Waals surface area contributed by atoms with Crippen molar-refractivity contribution in [3.8, 4) is 0 Å². The lowest BCUT2D eigenvalue weighted by atomic mass is 10.2. The standard InChI is InChI=1S/C16H15ClN2O2S/c1-3-12-10-14-15(17)8-9-18-16(14)19(12)22(20,21)13-6-4-11(2)5-7-13/h4-10H,3H2,1-2H3. The molecule has 0 unspecified atom stereocenters. The van der Waals surface area contributed by atoms with Crippen molar-refractivity contribution < 1.29 is 8.42 Å². The average molecular weight is 335 g/mol. The van der Waals surface area contributed by atoms with Gasteiger partial charge in [0, 0.05) is 17.3 Å². The van der Waals surface area contributed by atoms with E-state index in [1.165, 1.54) is 10.2 Å². The smallest absolute Gasteiger partial charge is 0.237 e. The van der Waals surface area contributed by atoms with Gasteiger partial charge in [0.2, 0.25) is 0 Å². The largest absolute Gasteiger partial charge is 0.269 e. The van der Waals surface area contributed by atoms with Gasteiger partial charge in [-0.2, -0.15) is 0 Å². The molecule has 0 amide bonds. The summed E-state index contributed by atoms with van der Waals surface area (Å²) in [5.41, 5.74) is 2.04. The van der Waals surface area contributed by atoms with Crippen molar-refractivity contribution in [2.45, 2.75) is 25.2 Å². The van der Waals surface area contributed by atoms with Crippen molar-refractivity contribution >= 4 is 32.7 Å². The van der Waals surface area contributed by atoms with Crippen molar-refractivity contribution in [2.75, 3.05) is 0 Å². The Hall–Kier alpha value is -1.85. The maximum atomic E-state index is 13.0. The van der Waals surface area contributed by atoms with E-state index in [4.69, 9.17) is 11.6 Å². The molecule has 6 heteroatoms. The summed E-state index contributed by atoms with van der Waals surface area (Å²) in [6.07, 6.45) is 2.09. The maximum absolute atomic E-state index is 13.0. The van der Waals surface area contributed by atoms with Crippen molar-refractivity contribution in [1.82, 2.24) is 8.96 Å². The number of aryl methyl sites for hydroxylation is 2. The molecule has 0 radical (unpaired) electrons. The molecule has 3 rings (SSSR count). The van der Waals surface area contributed by atoms with E-state index in [-0.39, 0.29) is 4.90 Å². The molecule has 0 aliphatic rings. The Morgan fingerprint density at radius 1 is 1.18 bits per heavy atom. The quantitative estimate of drug-likeness (QED) is 0.732. The molecule has 0 saturated carbocycles. The minimum Gasteiger partial charge on any atom is -0.237 e. The maximum Gasteiger partial charge on any atom is 0.269 e. The molecular weight excluding hydrogens is 320 g/mol. The summed E-state index contributed by atoms with van der Waals surface area (Å²) >= 11 is 6.17. The second-order valence-corrected chi connectivity index (χ2v) is 7.30. The van der Waals surface area contributed by atoms with Crippen LogP contribution in [0.4, 0.5) is 0 Å². The van der Waals surface area contributed by atoms with Gasteiger partial charge in [-0.15, -0.1) is 0 Å². The van der Waals surface area contributed by atoms with Gasteiger partial charge in [0.05, 0.1) is 9.92 Å². The van der Waals surface area contributed by atoms with Crippen LogP contribution < -0.4 is 0 Å². The van der Waals surface area contributed by atoms with Crippen LogP contribution in [0.15, 0.2) is 47.5 Å². The van der Waals surface area contributed by atoms with Crippen LogP contribution in [-0.2, 0) is 16.4 Å². The lowest BCUT2D eigenvalue weighted by Gasteiger charge is -2.10. The first-order valence-electron chi connectivity index (χ1n) is 6.92. The number of pyridine rings is 1. The predicted molar refractivity (Wildman–Crippen MR) is 87.9 cm³/mol. The Labute approximate surface area is 134 Å². The third kappa shape index (κ3) is 2.30. The molecule has 0 atom stereocenters. The van der Waals surface area contributed by atoms with Gasteiger partial charge < -0.3 is 0 Å². The van der Waals surface area contributed by atoms with Crippen LogP contribution in [0, 0.1) is 6.92 Å². The molecule has 0 spiro atoms. The zero-order valence-electron chi connectivity index (χ0n) is 12.2. The van der Waals surface area contributed by atoms with Crippen LogP contribution in [0.5, 0.6) is 0 Å². The summed E-state index contributed by atoms with van der Waals surface area (Å²) in [4.78, 5) is 4.46. The number of rotatable bonds is 3. The second-order valence-electron chi connectivity index (χ2n) is 5.10. The third-order valence-electron chi connectivity index (χ3n) is 3.60. The molecule has 4 nitrogen and oxygen atoms in total. The topological polar surface area (TPSA) is 52.0 Å². The van der Waals surface area contributed by atoms with Crippen LogP contribution >= 0.6 is 11.6 Å². The minimum atomic E-state index is -3.70. The SMILES string of the molecule is CCc1cc2c(Cl)ccnc2n1S(=O)(=O)c1ccc(C)cc1. The summed E-state index contributed by atoms with van der Waals surface area (Å²) in [6, 6.07) is 10.2. The summed E-state index contributed by atoms with van der Waals surface area (Å²) in [7, 11) is -3.70. The Balaban J connectivity index is 2.33. The van der Waals surface area contributed by atoms with Crippen molar-refractivity contribution in [3.63, 3.8) is 0 Å². The number of halogens is 1. The summed E-state index contributed by atoms with van der Waals surface area (Å²) in [5, 5.41) is 1.15. The van der Waals surface area contributed by atoms with Crippen molar-refractivity contribution in [1.29, 1.82) is 0 Å². The zero-order chi connectivity index (χ0) is 15.9. The molecule has 3 aromatic rings. The highest BCUT2D eigenvalue weighted by Crippen LogP contribution is 2.29. The van der Waals surface area contributed by atoms with E-state index < -0.39 is 10.0 Å². The number of nitrogens with zero attached hydrogens (tertiary/aromatic N) is 2. The number of aromatic nitrogens is 2. The van der Waals surface area contributed by atoms with E-state index in [1.807, 2.05) is 13.8 Å². The van der Waals surface area contributed by atoms with Gasteiger partial charge >= 0.3 is 0 Å². The van der Waals surface area contributed by atoms with Gasteiger partial charge in [-0.3, -0.25) is 0 Å². The summed E-state index contributed by atoms with van der Waals surface area (Å²) in [6.45, 7) is 3.82. The second kappa shape index (κ2) is 5.41. The van der Waals surface area contributed by atoms with Crippen LogP contribution in [0.25, 0.3) is 11.0 Å². The normalized spacial score (nSPS) is 12.0. The number of hydrogen-bond acceptors (Lipinski definition) is 3. The van der Waals surface area contributed by atoms with Gasteiger partial charge in [0.25, 0.3) is 10.0 Å². The molecule has 2 aromatic heterocycles. The van der Waals surface area contributed by atoms with E-state index in [2.05, 4.69) is 4.98 Å². The number of hydrogen-bond donors (Lipinski definition) is 0. The molecule has 0 saturated heterocycles. The van der Waals surface area contributed by atoms with Gasteiger partial charge in [-0.1, -0.05) is 36.2 Å². The zero-order valence-corrected chi connectivity index (χ0v) is 13.8. The third-order valence-corrected chi connectivity index (χ3v) is 5.69. The van der Waals surface area contributed by atoms with Gasteiger partial charge in [-0.25, -0.2) is 17.4 Å². The first kappa shape index (κ1) is 15.1. The minimum absolute atomic E-state index is 0.243. The molecule has 0 aliphatic heterocycles. The Morgan fingerprint density at radius 2 is 1.86 bits per heavy atom. The molecule has 1 aromatic carbocycles. The molecular formula is C16H15ClN2O2S. The summed E-state index contributed by atoms with van der Waals surface area (Å²) in [5.74, 6) is 0. The summed E-state index contributed by atoms with van der Waals surface area (Å²) < 4.78 is 27.3. The Bertz CT molecular complexity index is 944. The number of fused-ring (bicyclic) bond motifs is 1. The monoisotopic (exact) mass is 334 g/mol. The first-order chi connectivity index (χ1) is 10.4. The highest BCUT2D eigenvalue weighted by molar-refractivity contribution is 7.90. The highest BCUT2D eigenvalue weighted by atomic mass is 35.5. The van der Waals surface area contributed by atoms with E-state index in [0.29, 0.717) is 28.2 Å². The van der Waals surface area contributed by atoms with Gasteiger partial charge in [0.1, 0.15) is 0 Å².